The van der Waals surface area contributed by atoms with Gasteiger partial charge >= 0.3 is 0 Å². The van der Waals surface area contributed by atoms with E-state index in [0.29, 0.717) is 11.7 Å². The Bertz CT molecular complexity index is 837. The molecule has 0 aliphatic rings. The van der Waals surface area contributed by atoms with Gasteiger partial charge in [-0.25, -0.2) is 4.98 Å². The van der Waals surface area contributed by atoms with Crippen LogP contribution in [0.4, 0.5) is 0 Å². The molecule has 2 heterocycles. The first kappa shape index (κ1) is 14.8. The van der Waals surface area contributed by atoms with Crippen molar-refractivity contribution in [2.24, 2.45) is 0 Å². The van der Waals surface area contributed by atoms with Gasteiger partial charge in [-0.3, -0.25) is 4.79 Å². The number of carbonyl (C=O) groups is 1. The Labute approximate surface area is 133 Å². The first-order valence-corrected chi connectivity index (χ1v) is 7.17. The number of aryl methyl sites for hydroxylation is 1. The molecular formula is C19H15NO3. The number of rotatable bonds is 5. The maximum Gasteiger partial charge on any atom is 0.263 e. The molecule has 1 aromatic carbocycles. The molecule has 0 aliphatic carbocycles. The van der Waals surface area contributed by atoms with Crippen LogP contribution in [-0.4, -0.2) is 11.3 Å². The molecule has 4 nitrogen and oxygen atoms in total. The van der Waals surface area contributed by atoms with E-state index in [9.17, 15) is 4.79 Å². The summed E-state index contributed by atoms with van der Waals surface area (Å²) in [5, 5.41) is 0. The van der Waals surface area contributed by atoms with E-state index in [2.05, 4.69) is 4.98 Å². The van der Waals surface area contributed by atoms with Crippen LogP contribution in [0.3, 0.4) is 0 Å². The second-order valence-electron chi connectivity index (χ2n) is 4.93. The van der Waals surface area contributed by atoms with Gasteiger partial charge in [0.2, 0.25) is 0 Å². The van der Waals surface area contributed by atoms with Gasteiger partial charge in [0.1, 0.15) is 17.7 Å². The molecule has 2 aromatic heterocycles. The second kappa shape index (κ2) is 6.75. The van der Waals surface area contributed by atoms with Gasteiger partial charge in [-0.15, -0.1) is 0 Å². The zero-order valence-electron chi connectivity index (χ0n) is 12.6. The van der Waals surface area contributed by atoms with Gasteiger partial charge in [0.05, 0.1) is 6.26 Å². The van der Waals surface area contributed by atoms with E-state index in [1.807, 2.05) is 49.4 Å². The van der Waals surface area contributed by atoms with Crippen LogP contribution in [0.15, 0.2) is 57.6 Å². The van der Waals surface area contributed by atoms with E-state index in [-0.39, 0.29) is 0 Å². The third kappa shape index (κ3) is 3.55. The molecule has 114 valence electrons. The minimum absolute atomic E-state index is 0.474. The fourth-order valence-electron chi connectivity index (χ4n) is 2.11. The van der Waals surface area contributed by atoms with Crippen molar-refractivity contribution in [1.29, 1.82) is 0 Å². The predicted octanol–water partition coefficient (Wildman–Crippen LogP) is 4.63. The fourth-order valence-corrected chi connectivity index (χ4v) is 2.11. The van der Waals surface area contributed by atoms with Crippen LogP contribution in [-0.2, 0) is 4.79 Å². The zero-order chi connectivity index (χ0) is 16.1. The van der Waals surface area contributed by atoms with Gasteiger partial charge in [-0.2, -0.15) is 0 Å². The van der Waals surface area contributed by atoms with Crippen molar-refractivity contribution in [2.75, 3.05) is 0 Å². The van der Waals surface area contributed by atoms with E-state index in [1.54, 1.807) is 18.4 Å². The molecule has 3 rings (SSSR count). The summed E-state index contributed by atoms with van der Waals surface area (Å²) in [5.74, 6) is 1.82. The van der Waals surface area contributed by atoms with E-state index in [1.165, 1.54) is 6.08 Å². The molecular weight excluding hydrogens is 290 g/mol. The maximum absolute atomic E-state index is 10.3. The van der Waals surface area contributed by atoms with Crippen LogP contribution in [0, 0.1) is 6.92 Å². The molecule has 0 fully saturated rings. The lowest BCUT2D eigenvalue weighted by molar-refractivity contribution is -0.104. The third-order valence-electron chi connectivity index (χ3n) is 3.30. The number of aromatic nitrogens is 1. The summed E-state index contributed by atoms with van der Waals surface area (Å²) in [4.78, 5) is 14.7. The topological polar surface area (TPSA) is 56.2 Å². The highest BCUT2D eigenvalue weighted by Crippen LogP contribution is 2.23. The first-order chi connectivity index (χ1) is 11.3. The standard InChI is InChI=1S/C19H15NO3/c1-14-17(20-19(23-14)18-5-3-13-22-18)11-10-16-8-6-15(7-9-16)4-2-12-21/h2-13H,1H3/b4-2+,11-10?. The molecule has 3 aromatic rings. The summed E-state index contributed by atoms with van der Waals surface area (Å²) < 4.78 is 10.9. The molecule has 0 radical (unpaired) electrons. The summed E-state index contributed by atoms with van der Waals surface area (Å²) in [6.45, 7) is 1.87. The van der Waals surface area contributed by atoms with Crippen LogP contribution in [0.25, 0.3) is 29.9 Å². The smallest absolute Gasteiger partial charge is 0.263 e. The minimum atomic E-state index is 0.474. The number of oxazole rings is 1. The number of benzene rings is 1. The van der Waals surface area contributed by atoms with Gasteiger partial charge in [-0.05, 0) is 42.3 Å². The van der Waals surface area contributed by atoms with Gasteiger partial charge in [0, 0.05) is 0 Å². The number of nitrogens with zero attached hydrogens (tertiary/aromatic N) is 1. The number of allylic oxidation sites excluding steroid dienone is 1. The lowest BCUT2D eigenvalue weighted by atomic mass is 10.1. The molecule has 0 bridgehead atoms. The SMILES string of the molecule is Cc1oc(-c2ccco2)nc1C=Cc1ccc(/C=C/C=O)cc1. The predicted molar refractivity (Wildman–Crippen MR) is 89.4 cm³/mol. The fraction of sp³-hybridized carbons (Fsp3) is 0.0526. The largest absolute Gasteiger partial charge is 0.459 e. The average molecular weight is 305 g/mol. The van der Waals surface area contributed by atoms with Crippen molar-refractivity contribution in [1.82, 2.24) is 4.98 Å². The second-order valence-corrected chi connectivity index (χ2v) is 4.93. The van der Waals surface area contributed by atoms with Crippen molar-refractivity contribution >= 4 is 24.5 Å². The molecule has 0 atom stereocenters. The Morgan fingerprint density at radius 2 is 1.74 bits per heavy atom. The zero-order valence-corrected chi connectivity index (χ0v) is 12.6. The quantitative estimate of drug-likeness (QED) is 0.509. The van der Waals surface area contributed by atoms with E-state index in [0.717, 1.165) is 28.9 Å². The lowest BCUT2D eigenvalue weighted by Crippen LogP contribution is -1.78. The maximum atomic E-state index is 10.3. The van der Waals surface area contributed by atoms with Crippen molar-refractivity contribution in [2.45, 2.75) is 6.92 Å². The monoisotopic (exact) mass is 305 g/mol. The van der Waals surface area contributed by atoms with E-state index < -0.39 is 0 Å². The average Bonchev–Trinajstić information content (AvgIpc) is 3.21. The summed E-state index contributed by atoms with van der Waals surface area (Å²) >= 11 is 0. The van der Waals surface area contributed by atoms with Gasteiger partial charge < -0.3 is 8.83 Å². The van der Waals surface area contributed by atoms with Crippen LogP contribution < -0.4 is 0 Å². The third-order valence-corrected chi connectivity index (χ3v) is 3.30. The van der Waals surface area contributed by atoms with E-state index >= 15 is 0 Å². The highest BCUT2D eigenvalue weighted by atomic mass is 16.4. The number of carbonyl (C=O) groups excluding carboxylic acids is 1. The Kier molecular flexibility index (Phi) is 4.34. The summed E-state index contributed by atoms with van der Waals surface area (Å²) in [6.07, 6.45) is 9.45. The van der Waals surface area contributed by atoms with E-state index in [4.69, 9.17) is 8.83 Å². The molecule has 0 spiro atoms. The molecule has 0 aliphatic heterocycles. The van der Waals surface area contributed by atoms with Gasteiger partial charge in [-0.1, -0.05) is 36.4 Å². The van der Waals surface area contributed by atoms with Crippen molar-refractivity contribution in [3.63, 3.8) is 0 Å². The van der Waals surface area contributed by atoms with Crippen LogP contribution in [0.1, 0.15) is 22.6 Å². The Morgan fingerprint density at radius 1 is 1.00 bits per heavy atom. The molecule has 23 heavy (non-hydrogen) atoms. The Morgan fingerprint density at radius 3 is 2.39 bits per heavy atom. The summed E-state index contributed by atoms with van der Waals surface area (Å²) in [5.41, 5.74) is 2.78. The highest BCUT2D eigenvalue weighted by Gasteiger charge is 2.11. The molecule has 0 N–H and O–H groups in total. The lowest BCUT2D eigenvalue weighted by Gasteiger charge is -1.95. The molecule has 0 unspecified atom stereocenters. The number of hydrogen-bond acceptors (Lipinski definition) is 4. The molecule has 4 heteroatoms. The Balaban J connectivity index is 1.77. The van der Waals surface area contributed by atoms with Crippen LogP contribution >= 0.6 is 0 Å². The van der Waals surface area contributed by atoms with Gasteiger partial charge in [0.25, 0.3) is 5.89 Å². The highest BCUT2D eigenvalue weighted by molar-refractivity contribution is 5.74. The minimum Gasteiger partial charge on any atom is -0.459 e. The van der Waals surface area contributed by atoms with Crippen LogP contribution in [0.5, 0.6) is 0 Å². The molecule has 0 saturated carbocycles. The normalized spacial score (nSPS) is 11.5. The molecule has 0 saturated heterocycles. The van der Waals surface area contributed by atoms with Crippen molar-refractivity contribution in [3.8, 4) is 11.7 Å². The summed E-state index contributed by atoms with van der Waals surface area (Å²) in [6, 6.07) is 11.5. The van der Waals surface area contributed by atoms with Crippen molar-refractivity contribution < 1.29 is 13.6 Å². The van der Waals surface area contributed by atoms with Crippen LogP contribution in [0.2, 0.25) is 0 Å². The van der Waals surface area contributed by atoms with Crippen molar-refractivity contribution in [3.05, 3.63) is 71.3 Å². The Hall–Kier alpha value is -3.14. The first-order valence-electron chi connectivity index (χ1n) is 7.17. The number of aldehydes is 1. The number of furan rings is 1. The molecule has 0 amide bonds. The number of hydrogen-bond donors (Lipinski definition) is 0. The summed E-state index contributed by atoms with van der Waals surface area (Å²) in [7, 11) is 0. The van der Waals surface area contributed by atoms with Gasteiger partial charge in [0.15, 0.2) is 5.76 Å².